The SMILES string of the molecule is C=CC(F)(F)F.Cc1ccc(/C=C\CCc2ccc(C(=O)CCC(C)C)cc2)cc1.[HH]. The minimum atomic E-state index is -4.19. The monoisotopic (exact) mass is 418 g/mol. The Morgan fingerprint density at radius 1 is 1.07 bits per heavy atom. The zero-order valence-electron chi connectivity index (χ0n) is 18.0. The second-order valence-corrected chi connectivity index (χ2v) is 7.65. The summed E-state index contributed by atoms with van der Waals surface area (Å²) in [7, 11) is 0. The Labute approximate surface area is 179 Å². The van der Waals surface area contributed by atoms with Crippen molar-refractivity contribution in [2.75, 3.05) is 0 Å². The lowest BCUT2D eigenvalue weighted by Crippen LogP contribution is -2.01. The molecule has 2 rings (SSSR count). The first-order chi connectivity index (χ1) is 14.1. The van der Waals surface area contributed by atoms with Crippen molar-refractivity contribution in [1.29, 1.82) is 0 Å². The van der Waals surface area contributed by atoms with Gasteiger partial charge in [-0.3, -0.25) is 4.79 Å². The summed E-state index contributed by atoms with van der Waals surface area (Å²) in [5, 5.41) is 0. The summed E-state index contributed by atoms with van der Waals surface area (Å²) in [6.07, 6.45) is 3.75. The first kappa shape index (κ1) is 25.4. The van der Waals surface area contributed by atoms with Gasteiger partial charge in [0.15, 0.2) is 5.78 Å². The third kappa shape index (κ3) is 11.4. The van der Waals surface area contributed by atoms with Gasteiger partial charge >= 0.3 is 6.18 Å². The van der Waals surface area contributed by atoms with Crippen molar-refractivity contribution in [2.45, 2.75) is 52.6 Å². The van der Waals surface area contributed by atoms with Gasteiger partial charge in [-0.1, -0.05) is 86.7 Å². The number of rotatable bonds is 8. The number of Topliss-reactive ketones (excluding diaryl/α,β-unsaturated/α-hetero) is 1. The summed E-state index contributed by atoms with van der Waals surface area (Å²) in [6.45, 7) is 8.92. The normalized spacial score (nSPS) is 11.3. The molecule has 0 aliphatic rings. The topological polar surface area (TPSA) is 17.1 Å². The molecule has 2 aromatic carbocycles. The van der Waals surface area contributed by atoms with Crippen LogP contribution in [0.3, 0.4) is 0 Å². The van der Waals surface area contributed by atoms with Crippen LogP contribution < -0.4 is 0 Å². The van der Waals surface area contributed by atoms with Crippen LogP contribution in [-0.2, 0) is 6.42 Å². The van der Waals surface area contributed by atoms with E-state index in [0.717, 1.165) is 24.8 Å². The molecule has 0 atom stereocenters. The molecule has 2 aromatic rings. The quantitative estimate of drug-likeness (QED) is 0.312. The van der Waals surface area contributed by atoms with Gasteiger partial charge in [-0.15, -0.1) is 0 Å². The fourth-order valence-corrected chi connectivity index (χ4v) is 2.57. The van der Waals surface area contributed by atoms with Gasteiger partial charge in [-0.25, -0.2) is 0 Å². The lowest BCUT2D eigenvalue weighted by atomic mass is 9.99. The Morgan fingerprint density at radius 3 is 2.13 bits per heavy atom. The van der Waals surface area contributed by atoms with Crippen molar-refractivity contribution >= 4 is 11.9 Å². The van der Waals surface area contributed by atoms with E-state index in [2.05, 4.69) is 75.9 Å². The standard InChI is InChI=1S/C23H28O.C3H3F3.H2/c1-18(2)8-17-23(24)22-15-13-21(14-16-22)7-5-4-6-20-11-9-19(3)10-12-20;1-2-3(4,5)6;/h4,6,9-16,18H,5,7-8,17H2,1-3H3;2H,1H2;1H/b6-4-;;. The van der Waals surface area contributed by atoms with Gasteiger partial charge in [0, 0.05) is 19.5 Å². The van der Waals surface area contributed by atoms with Gasteiger partial charge in [0.05, 0.1) is 0 Å². The molecule has 0 amide bonds. The molecule has 30 heavy (non-hydrogen) atoms. The Balaban J connectivity index is 0.00000113. The summed E-state index contributed by atoms with van der Waals surface area (Å²) < 4.78 is 32.0. The molecule has 0 aliphatic carbocycles. The number of ketones is 1. The molecule has 0 aliphatic heterocycles. The molecular weight excluding hydrogens is 385 g/mol. The van der Waals surface area contributed by atoms with Crippen molar-refractivity contribution in [2.24, 2.45) is 5.92 Å². The van der Waals surface area contributed by atoms with E-state index in [1.165, 1.54) is 16.7 Å². The van der Waals surface area contributed by atoms with E-state index in [-0.39, 0.29) is 13.3 Å². The van der Waals surface area contributed by atoms with Crippen molar-refractivity contribution in [1.82, 2.24) is 0 Å². The largest absolute Gasteiger partial charge is 0.409 e. The molecule has 0 radical (unpaired) electrons. The van der Waals surface area contributed by atoms with Crippen molar-refractivity contribution in [3.8, 4) is 0 Å². The second kappa shape index (κ2) is 12.8. The number of aryl methyl sites for hydroxylation is 2. The van der Waals surface area contributed by atoms with E-state index in [4.69, 9.17) is 0 Å². The minimum Gasteiger partial charge on any atom is -0.294 e. The molecule has 0 saturated heterocycles. The number of allylic oxidation sites excluding steroid dienone is 2. The van der Waals surface area contributed by atoms with Crippen LogP contribution in [-0.4, -0.2) is 12.0 Å². The molecule has 0 aromatic heterocycles. The zero-order valence-corrected chi connectivity index (χ0v) is 18.0. The Bertz CT molecular complexity index is 804. The van der Waals surface area contributed by atoms with Gasteiger partial charge in [-0.2, -0.15) is 13.2 Å². The van der Waals surface area contributed by atoms with E-state index < -0.39 is 6.18 Å². The lowest BCUT2D eigenvalue weighted by molar-refractivity contribution is -0.0795. The van der Waals surface area contributed by atoms with E-state index in [1.807, 2.05) is 12.1 Å². The van der Waals surface area contributed by atoms with Crippen molar-refractivity contribution < 1.29 is 19.4 Å². The van der Waals surface area contributed by atoms with Crippen LogP contribution >= 0.6 is 0 Å². The average Bonchev–Trinajstić information content (AvgIpc) is 2.71. The molecule has 0 saturated carbocycles. The summed E-state index contributed by atoms with van der Waals surface area (Å²) in [5.41, 5.74) is 4.65. The molecule has 1 nitrogen and oxygen atoms in total. The Hall–Kier alpha value is -2.62. The highest BCUT2D eigenvalue weighted by Crippen LogP contribution is 2.14. The molecule has 0 unspecified atom stereocenters. The molecule has 0 spiro atoms. The highest BCUT2D eigenvalue weighted by molar-refractivity contribution is 5.96. The van der Waals surface area contributed by atoms with Crippen LogP contribution in [0, 0.1) is 12.8 Å². The molecule has 0 fully saturated rings. The van der Waals surface area contributed by atoms with Crippen LogP contribution in [0.2, 0.25) is 0 Å². The lowest BCUT2D eigenvalue weighted by Gasteiger charge is -2.05. The van der Waals surface area contributed by atoms with Crippen LogP contribution in [0.5, 0.6) is 0 Å². The molecule has 164 valence electrons. The maximum Gasteiger partial charge on any atom is 0.409 e. The highest BCUT2D eigenvalue weighted by atomic mass is 19.4. The zero-order chi connectivity index (χ0) is 22.6. The summed E-state index contributed by atoms with van der Waals surface area (Å²) in [4.78, 5) is 12.1. The number of alkyl halides is 3. The smallest absolute Gasteiger partial charge is 0.294 e. The van der Waals surface area contributed by atoms with Crippen molar-refractivity contribution in [3.63, 3.8) is 0 Å². The van der Waals surface area contributed by atoms with Crippen LogP contribution in [0.15, 0.2) is 67.3 Å². The van der Waals surface area contributed by atoms with E-state index >= 15 is 0 Å². The minimum absolute atomic E-state index is 0. The maximum atomic E-state index is 12.1. The number of halogens is 3. The summed E-state index contributed by atoms with van der Waals surface area (Å²) in [6, 6.07) is 16.7. The number of carbonyl (C=O) groups is 1. The van der Waals surface area contributed by atoms with Gasteiger partial charge < -0.3 is 0 Å². The van der Waals surface area contributed by atoms with Crippen LogP contribution in [0.4, 0.5) is 13.2 Å². The van der Waals surface area contributed by atoms with Gasteiger partial charge in [0.2, 0.25) is 0 Å². The number of carbonyl (C=O) groups excluding carboxylic acids is 1. The van der Waals surface area contributed by atoms with Crippen molar-refractivity contribution in [3.05, 3.63) is 89.5 Å². The van der Waals surface area contributed by atoms with Gasteiger partial charge in [-0.05, 0) is 43.2 Å². The number of hydrogen-bond donors (Lipinski definition) is 0. The van der Waals surface area contributed by atoms with Gasteiger partial charge in [0.25, 0.3) is 0 Å². The molecule has 0 bridgehead atoms. The van der Waals surface area contributed by atoms with E-state index in [0.29, 0.717) is 12.3 Å². The predicted octanol–water partition coefficient (Wildman–Crippen LogP) is 8.24. The number of hydrogen-bond acceptors (Lipinski definition) is 1. The van der Waals surface area contributed by atoms with Crippen LogP contribution in [0.1, 0.15) is 61.6 Å². The molecule has 4 heteroatoms. The third-order valence-corrected chi connectivity index (χ3v) is 4.44. The van der Waals surface area contributed by atoms with Crippen LogP contribution in [0.25, 0.3) is 6.08 Å². The first-order valence-electron chi connectivity index (χ1n) is 10.2. The molecule has 0 N–H and O–H groups in total. The fourth-order valence-electron chi connectivity index (χ4n) is 2.57. The number of benzene rings is 2. The Morgan fingerprint density at radius 2 is 1.63 bits per heavy atom. The summed E-state index contributed by atoms with van der Waals surface area (Å²) in [5.74, 6) is 0.836. The highest BCUT2D eigenvalue weighted by Gasteiger charge is 2.19. The van der Waals surface area contributed by atoms with E-state index in [1.54, 1.807) is 0 Å². The average molecular weight is 419 g/mol. The maximum absolute atomic E-state index is 12.1. The fraction of sp³-hybridized carbons (Fsp3) is 0.346. The molecular formula is C26H33F3O. The first-order valence-corrected chi connectivity index (χ1v) is 10.2. The van der Waals surface area contributed by atoms with Gasteiger partial charge in [0.1, 0.15) is 0 Å². The predicted molar refractivity (Wildman–Crippen MR) is 122 cm³/mol. The summed E-state index contributed by atoms with van der Waals surface area (Å²) >= 11 is 0. The third-order valence-electron chi connectivity index (χ3n) is 4.44. The Kier molecular flexibility index (Phi) is 10.9. The van der Waals surface area contributed by atoms with E-state index in [9.17, 15) is 18.0 Å². The molecule has 0 heterocycles. The second-order valence-electron chi connectivity index (χ2n) is 7.65.